The lowest BCUT2D eigenvalue weighted by molar-refractivity contribution is -0.509. The van der Waals surface area contributed by atoms with E-state index in [0.29, 0.717) is 4.90 Å². The first-order chi connectivity index (χ1) is 9.98. The third-order valence-electron chi connectivity index (χ3n) is 3.36. The summed E-state index contributed by atoms with van der Waals surface area (Å²) in [5, 5.41) is 0. The van der Waals surface area contributed by atoms with Crippen molar-refractivity contribution in [2.75, 3.05) is 14.1 Å². The van der Waals surface area contributed by atoms with Crippen LogP contribution >= 0.6 is 0 Å². The van der Waals surface area contributed by atoms with Gasteiger partial charge in [0.05, 0.1) is 11.1 Å². The number of imidazole rings is 1. The molecule has 0 atom stereocenters. The summed E-state index contributed by atoms with van der Waals surface area (Å²) in [6.45, 7) is 0. The first kappa shape index (κ1) is 13.8. The molecule has 0 unspecified atom stereocenters. The Morgan fingerprint density at radius 3 is 2.38 bits per heavy atom. The normalized spacial score (nSPS) is 12.1. The first-order valence-electron chi connectivity index (χ1n) is 6.50. The van der Waals surface area contributed by atoms with Gasteiger partial charge in [0.15, 0.2) is 5.69 Å². The number of nitrogens with one attached hydrogen (secondary N) is 1. The lowest BCUT2D eigenvalue weighted by atomic mass is 10.2. The van der Waals surface area contributed by atoms with Crippen LogP contribution in [0.15, 0.2) is 59.8 Å². The maximum atomic E-state index is 12.0. The molecule has 6 heteroatoms. The summed E-state index contributed by atoms with van der Waals surface area (Å²) < 4.78 is 27.3. The van der Waals surface area contributed by atoms with Crippen molar-refractivity contribution >= 4 is 15.7 Å². The Morgan fingerprint density at radius 2 is 1.76 bits per heavy atom. The standard InChI is InChI=1S/C15H15N3O2S/c1-17(2)21(19,20)13-8-6-12(7-9-13)14-11-18-10-4-3-5-15(18)16-14/h3-11H,1-2H3/p+1. The van der Waals surface area contributed by atoms with E-state index in [2.05, 4.69) is 4.98 Å². The van der Waals surface area contributed by atoms with Gasteiger partial charge in [0, 0.05) is 25.7 Å². The Bertz CT molecular complexity index is 848. The van der Waals surface area contributed by atoms with Crippen molar-refractivity contribution in [2.24, 2.45) is 0 Å². The maximum Gasteiger partial charge on any atom is 0.284 e. The highest BCUT2D eigenvalue weighted by Crippen LogP contribution is 2.20. The molecule has 2 aromatic heterocycles. The number of rotatable bonds is 3. The minimum absolute atomic E-state index is 0.292. The fraction of sp³-hybridized carbons (Fsp3) is 0.133. The van der Waals surface area contributed by atoms with Gasteiger partial charge in [-0.05, 0) is 30.3 Å². The van der Waals surface area contributed by atoms with Crippen LogP contribution in [0.25, 0.3) is 16.9 Å². The Morgan fingerprint density at radius 1 is 1.05 bits per heavy atom. The number of pyridine rings is 1. The quantitative estimate of drug-likeness (QED) is 0.748. The molecule has 0 aliphatic carbocycles. The number of hydrogen-bond donors (Lipinski definition) is 1. The summed E-state index contributed by atoms with van der Waals surface area (Å²) >= 11 is 0. The highest BCUT2D eigenvalue weighted by Gasteiger charge is 2.17. The number of hydrogen-bond acceptors (Lipinski definition) is 2. The van der Waals surface area contributed by atoms with E-state index in [-0.39, 0.29) is 0 Å². The molecular formula is C15H16N3O2S+. The third kappa shape index (κ3) is 2.43. The SMILES string of the molecule is CN(C)S(=O)(=O)c1ccc(-c2c[n+]3ccccc3[nH]2)cc1. The molecule has 3 rings (SSSR count). The summed E-state index contributed by atoms with van der Waals surface area (Å²) in [5.41, 5.74) is 2.86. The number of nitrogens with zero attached hydrogens (tertiary/aromatic N) is 2. The molecule has 0 saturated carbocycles. The number of aromatic amines is 1. The second-order valence-corrected chi connectivity index (χ2v) is 7.12. The van der Waals surface area contributed by atoms with Gasteiger partial charge >= 0.3 is 0 Å². The van der Waals surface area contributed by atoms with Gasteiger partial charge in [0.2, 0.25) is 10.0 Å². The molecule has 5 nitrogen and oxygen atoms in total. The molecule has 0 spiro atoms. The van der Waals surface area contributed by atoms with Gasteiger partial charge in [-0.25, -0.2) is 22.1 Å². The van der Waals surface area contributed by atoms with E-state index in [1.54, 1.807) is 12.1 Å². The number of benzene rings is 1. The number of fused-ring (bicyclic) bond motifs is 1. The smallest absolute Gasteiger partial charge is 0.237 e. The van der Waals surface area contributed by atoms with Crippen molar-refractivity contribution in [2.45, 2.75) is 4.90 Å². The van der Waals surface area contributed by atoms with E-state index in [9.17, 15) is 8.42 Å². The zero-order valence-corrected chi connectivity index (χ0v) is 12.6. The lowest BCUT2D eigenvalue weighted by Gasteiger charge is -2.11. The zero-order valence-electron chi connectivity index (χ0n) is 11.8. The van der Waals surface area contributed by atoms with Gasteiger partial charge in [-0.15, -0.1) is 0 Å². The summed E-state index contributed by atoms with van der Waals surface area (Å²) in [5.74, 6) is 0. The molecule has 21 heavy (non-hydrogen) atoms. The molecule has 0 saturated heterocycles. The highest BCUT2D eigenvalue weighted by molar-refractivity contribution is 7.89. The Labute approximate surface area is 123 Å². The lowest BCUT2D eigenvalue weighted by Crippen LogP contribution is -2.22. The van der Waals surface area contributed by atoms with Crippen LogP contribution in [-0.2, 0) is 10.0 Å². The summed E-state index contributed by atoms with van der Waals surface area (Å²) in [6, 6.07) is 12.8. The molecule has 2 heterocycles. The van der Waals surface area contributed by atoms with Crippen LogP contribution < -0.4 is 4.40 Å². The average molecular weight is 302 g/mol. The van der Waals surface area contributed by atoms with Gasteiger partial charge in [-0.3, -0.25) is 0 Å². The van der Waals surface area contributed by atoms with Gasteiger partial charge in [-0.2, -0.15) is 0 Å². The van der Waals surface area contributed by atoms with E-state index >= 15 is 0 Å². The minimum Gasteiger partial charge on any atom is -0.237 e. The summed E-state index contributed by atoms with van der Waals surface area (Å²) in [6.07, 6.45) is 3.94. The number of aromatic nitrogens is 2. The minimum atomic E-state index is -3.38. The maximum absolute atomic E-state index is 12.0. The topological polar surface area (TPSA) is 57.3 Å². The van der Waals surface area contributed by atoms with Crippen molar-refractivity contribution in [3.63, 3.8) is 0 Å². The molecule has 0 radical (unpaired) electrons. The van der Waals surface area contributed by atoms with Crippen LogP contribution in [0.4, 0.5) is 0 Å². The van der Waals surface area contributed by atoms with Crippen molar-refractivity contribution in [3.8, 4) is 11.3 Å². The first-order valence-corrected chi connectivity index (χ1v) is 7.94. The second-order valence-electron chi connectivity index (χ2n) is 4.97. The molecular weight excluding hydrogens is 286 g/mol. The van der Waals surface area contributed by atoms with Crippen molar-refractivity contribution in [3.05, 3.63) is 54.9 Å². The molecule has 3 aromatic rings. The molecule has 0 amide bonds. The van der Waals surface area contributed by atoms with Crippen molar-refractivity contribution < 1.29 is 12.8 Å². The van der Waals surface area contributed by atoms with Gasteiger partial charge in [0.1, 0.15) is 6.20 Å². The predicted octanol–water partition coefficient (Wildman–Crippen LogP) is 1.67. The Balaban J connectivity index is 2.01. The summed E-state index contributed by atoms with van der Waals surface area (Å²) in [7, 11) is -0.332. The summed E-state index contributed by atoms with van der Waals surface area (Å²) in [4.78, 5) is 3.59. The third-order valence-corrected chi connectivity index (χ3v) is 5.19. The van der Waals surface area contributed by atoms with Crippen molar-refractivity contribution in [1.82, 2.24) is 9.29 Å². The van der Waals surface area contributed by atoms with Crippen molar-refractivity contribution in [1.29, 1.82) is 0 Å². The molecule has 1 aromatic carbocycles. The van der Waals surface area contributed by atoms with Gasteiger partial charge < -0.3 is 0 Å². The molecule has 0 aliphatic heterocycles. The van der Waals surface area contributed by atoms with E-state index in [4.69, 9.17) is 0 Å². The fourth-order valence-electron chi connectivity index (χ4n) is 2.15. The Kier molecular flexibility index (Phi) is 3.27. The van der Waals surface area contributed by atoms with Gasteiger partial charge in [-0.1, -0.05) is 6.07 Å². The van der Waals surface area contributed by atoms with E-state index < -0.39 is 10.0 Å². The molecule has 0 fully saturated rings. The van der Waals surface area contributed by atoms with Crippen LogP contribution in [0.3, 0.4) is 0 Å². The van der Waals surface area contributed by atoms with Crippen LogP contribution in [0, 0.1) is 0 Å². The van der Waals surface area contributed by atoms with Crippen LogP contribution in [0.5, 0.6) is 0 Å². The van der Waals surface area contributed by atoms with Gasteiger partial charge in [0.25, 0.3) is 5.65 Å². The number of sulfonamides is 1. The Hall–Kier alpha value is -2.18. The number of H-pyrrole nitrogens is 1. The fourth-order valence-corrected chi connectivity index (χ4v) is 3.05. The monoisotopic (exact) mass is 302 g/mol. The second kappa shape index (κ2) is 4.98. The van der Waals surface area contributed by atoms with Crippen LogP contribution in [-0.4, -0.2) is 31.8 Å². The molecule has 0 aliphatic rings. The van der Waals surface area contributed by atoms with E-state index in [1.165, 1.54) is 18.4 Å². The van der Waals surface area contributed by atoms with E-state index in [0.717, 1.165) is 16.9 Å². The highest BCUT2D eigenvalue weighted by atomic mass is 32.2. The van der Waals surface area contributed by atoms with E-state index in [1.807, 2.05) is 47.1 Å². The molecule has 0 bridgehead atoms. The largest absolute Gasteiger partial charge is 0.284 e. The van der Waals surface area contributed by atoms with Crippen LogP contribution in [0.1, 0.15) is 0 Å². The zero-order chi connectivity index (χ0) is 15.0. The predicted molar refractivity (Wildman–Crippen MR) is 80.3 cm³/mol. The van der Waals surface area contributed by atoms with Crippen LogP contribution in [0.2, 0.25) is 0 Å². The molecule has 1 N–H and O–H groups in total. The molecule has 108 valence electrons. The average Bonchev–Trinajstić information content (AvgIpc) is 2.91.